The molecule has 1 aromatic heterocycles. The number of amides is 1. The van der Waals surface area contributed by atoms with Crippen LogP contribution >= 0.6 is 34.8 Å². The van der Waals surface area contributed by atoms with Gasteiger partial charge in [-0.1, -0.05) is 71.2 Å². The van der Waals surface area contributed by atoms with Gasteiger partial charge in [-0.25, -0.2) is 4.98 Å². The lowest BCUT2D eigenvalue weighted by Gasteiger charge is -2.16. The molecule has 0 aliphatic rings. The van der Waals surface area contributed by atoms with Crippen LogP contribution in [-0.2, 0) is 0 Å². The van der Waals surface area contributed by atoms with Crippen LogP contribution in [0.2, 0.25) is 15.1 Å². The van der Waals surface area contributed by atoms with Crippen molar-refractivity contribution in [2.75, 3.05) is 5.32 Å². The van der Waals surface area contributed by atoms with Crippen molar-refractivity contribution >= 4 is 57.3 Å². The van der Waals surface area contributed by atoms with E-state index in [0.29, 0.717) is 26.3 Å². The number of carbonyl (C=O) groups is 1. The summed E-state index contributed by atoms with van der Waals surface area (Å²) in [5, 5.41) is 5.00. The molecule has 0 aliphatic heterocycles. The van der Waals surface area contributed by atoms with Gasteiger partial charge in [0.2, 0.25) is 0 Å². The van der Waals surface area contributed by atoms with Crippen molar-refractivity contribution in [1.82, 2.24) is 4.98 Å². The topological polar surface area (TPSA) is 42.0 Å². The Kier molecular flexibility index (Phi) is 5.46. The number of anilines is 1. The highest BCUT2D eigenvalue weighted by molar-refractivity contribution is 6.40. The fraction of sp³-hybridized carbons (Fsp3) is 0.0435. The van der Waals surface area contributed by atoms with Gasteiger partial charge >= 0.3 is 0 Å². The Hall–Kier alpha value is -2.59. The van der Waals surface area contributed by atoms with Gasteiger partial charge in [0, 0.05) is 16.0 Å². The molecular weight excluding hydrogens is 427 g/mol. The molecule has 0 atom stereocenters. The van der Waals surface area contributed by atoms with Gasteiger partial charge in [-0.15, -0.1) is 0 Å². The minimum atomic E-state index is -0.300. The predicted molar refractivity (Wildman–Crippen MR) is 121 cm³/mol. The largest absolute Gasteiger partial charge is 0.319 e. The summed E-state index contributed by atoms with van der Waals surface area (Å²) in [6, 6.07) is 20.0. The molecule has 29 heavy (non-hydrogen) atoms. The summed E-state index contributed by atoms with van der Waals surface area (Å²) in [5.41, 5.74) is 3.98. The summed E-state index contributed by atoms with van der Waals surface area (Å²) in [7, 11) is 0. The number of hydrogen-bond donors (Lipinski definition) is 1. The van der Waals surface area contributed by atoms with Gasteiger partial charge in [0.05, 0.1) is 32.5 Å². The first-order valence-electron chi connectivity index (χ1n) is 8.86. The van der Waals surface area contributed by atoms with Gasteiger partial charge in [0.15, 0.2) is 0 Å². The molecule has 0 aliphatic carbocycles. The van der Waals surface area contributed by atoms with E-state index in [1.165, 1.54) is 0 Å². The summed E-state index contributed by atoms with van der Waals surface area (Å²) >= 11 is 18.5. The van der Waals surface area contributed by atoms with E-state index in [0.717, 1.165) is 27.7 Å². The van der Waals surface area contributed by atoms with Crippen LogP contribution in [0.1, 0.15) is 15.9 Å². The second kappa shape index (κ2) is 8.03. The first kappa shape index (κ1) is 19.7. The van der Waals surface area contributed by atoms with Crippen LogP contribution in [0.15, 0.2) is 66.7 Å². The maximum Gasteiger partial charge on any atom is 0.256 e. The molecule has 0 radical (unpaired) electrons. The Balaban J connectivity index is 1.89. The zero-order chi connectivity index (χ0) is 20.5. The van der Waals surface area contributed by atoms with Gasteiger partial charge in [-0.3, -0.25) is 4.79 Å². The van der Waals surface area contributed by atoms with E-state index in [2.05, 4.69) is 5.32 Å². The monoisotopic (exact) mass is 440 g/mol. The molecule has 6 heteroatoms. The summed E-state index contributed by atoms with van der Waals surface area (Å²) in [5.74, 6) is -0.300. The fourth-order valence-electron chi connectivity index (χ4n) is 3.28. The number of para-hydroxylation sites is 2. The molecule has 3 aromatic carbocycles. The lowest BCUT2D eigenvalue weighted by Crippen LogP contribution is -2.16. The number of pyridine rings is 1. The molecule has 1 heterocycles. The molecule has 4 aromatic rings. The van der Waals surface area contributed by atoms with Crippen LogP contribution in [0.25, 0.3) is 22.2 Å². The third-order valence-electron chi connectivity index (χ3n) is 4.68. The quantitative estimate of drug-likeness (QED) is 0.359. The minimum absolute atomic E-state index is 0.300. The smallest absolute Gasteiger partial charge is 0.256 e. The maximum absolute atomic E-state index is 13.3. The maximum atomic E-state index is 13.3. The van der Waals surface area contributed by atoms with Crippen LogP contribution in [0.3, 0.4) is 0 Å². The molecule has 1 amide bonds. The van der Waals surface area contributed by atoms with Crippen LogP contribution in [-0.4, -0.2) is 10.9 Å². The highest BCUT2D eigenvalue weighted by Crippen LogP contribution is 2.33. The zero-order valence-electron chi connectivity index (χ0n) is 15.3. The van der Waals surface area contributed by atoms with E-state index in [9.17, 15) is 4.79 Å². The molecule has 0 spiro atoms. The SMILES string of the molecule is Cc1c(-c2ccc(Cl)cc2)nc2ccccc2c1C(=O)Nc1c(Cl)cccc1Cl. The standard InChI is InChI=1S/C23H15Cl3N2O/c1-13-20(23(29)28-22-17(25)6-4-7-18(22)26)16-5-2-3-8-19(16)27-21(13)14-9-11-15(24)12-10-14/h2-12H,1H3,(H,28,29). The predicted octanol–water partition coefficient (Wildman–Crippen LogP) is 7.42. The van der Waals surface area contributed by atoms with Gasteiger partial charge in [-0.05, 0) is 42.8 Å². The number of rotatable bonds is 3. The molecule has 3 nitrogen and oxygen atoms in total. The fourth-order valence-corrected chi connectivity index (χ4v) is 3.90. The highest BCUT2D eigenvalue weighted by Gasteiger charge is 2.20. The molecule has 1 N–H and O–H groups in total. The Morgan fingerprint density at radius 3 is 2.21 bits per heavy atom. The second-order valence-electron chi connectivity index (χ2n) is 6.54. The van der Waals surface area contributed by atoms with Gasteiger partial charge in [-0.2, -0.15) is 0 Å². The third kappa shape index (κ3) is 3.82. The van der Waals surface area contributed by atoms with E-state index in [1.54, 1.807) is 30.3 Å². The Morgan fingerprint density at radius 1 is 0.862 bits per heavy atom. The van der Waals surface area contributed by atoms with Crippen molar-refractivity contribution in [1.29, 1.82) is 0 Å². The van der Waals surface area contributed by atoms with Crippen LogP contribution < -0.4 is 5.32 Å². The first-order valence-corrected chi connectivity index (χ1v) is 9.99. The van der Waals surface area contributed by atoms with Crippen molar-refractivity contribution < 1.29 is 4.79 Å². The number of benzene rings is 3. The lowest BCUT2D eigenvalue weighted by atomic mass is 9.97. The number of hydrogen-bond acceptors (Lipinski definition) is 2. The van der Waals surface area contributed by atoms with Crippen molar-refractivity contribution in [3.05, 3.63) is 92.9 Å². The van der Waals surface area contributed by atoms with Crippen molar-refractivity contribution in [3.63, 3.8) is 0 Å². The molecule has 0 saturated carbocycles. The Labute approximate surface area is 183 Å². The van der Waals surface area contributed by atoms with Crippen molar-refractivity contribution in [3.8, 4) is 11.3 Å². The summed E-state index contributed by atoms with van der Waals surface area (Å²) in [6.07, 6.45) is 0. The number of halogens is 3. The normalized spacial score (nSPS) is 10.9. The molecule has 144 valence electrons. The lowest BCUT2D eigenvalue weighted by molar-refractivity contribution is 0.102. The molecule has 0 unspecified atom stereocenters. The average Bonchev–Trinajstić information content (AvgIpc) is 2.71. The highest BCUT2D eigenvalue weighted by atomic mass is 35.5. The number of carbonyl (C=O) groups excluding carboxylic acids is 1. The average molecular weight is 442 g/mol. The summed E-state index contributed by atoms with van der Waals surface area (Å²) in [6.45, 7) is 1.88. The summed E-state index contributed by atoms with van der Waals surface area (Å²) in [4.78, 5) is 18.1. The molecular formula is C23H15Cl3N2O. The van der Waals surface area contributed by atoms with Gasteiger partial charge < -0.3 is 5.32 Å². The number of aromatic nitrogens is 1. The van der Waals surface area contributed by atoms with Crippen molar-refractivity contribution in [2.45, 2.75) is 6.92 Å². The van der Waals surface area contributed by atoms with Crippen LogP contribution in [0.5, 0.6) is 0 Å². The molecule has 0 fully saturated rings. The van der Waals surface area contributed by atoms with E-state index < -0.39 is 0 Å². The molecule has 0 bridgehead atoms. The minimum Gasteiger partial charge on any atom is -0.319 e. The Bertz CT molecular complexity index is 1220. The van der Waals surface area contributed by atoms with E-state index in [1.807, 2.05) is 43.3 Å². The number of nitrogens with zero attached hydrogens (tertiary/aromatic N) is 1. The van der Waals surface area contributed by atoms with Crippen LogP contribution in [0.4, 0.5) is 5.69 Å². The molecule has 0 saturated heterocycles. The molecule has 4 rings (SSSR count). The summed E-state index contributed by atoms with van der Waals surface area (Å²) < 4.78 is 0. The Morgan fingerprint density at radius 2 is 1.52 bits per heavy atom. The zero-order valence-corrected chi connectivity index (χ0v) is 17.6. The van der Waals surface area contributed by atoms with Gasteiger partial charge in [0.25, 0.3) is 5.91 Å². The van der Waals surface area contributed by atoms with Crippen molar-refractivity contribution in [2.24, 2.45) is 0 Å². The van der Waals surface area contributed by atoms with Gasteiger partial charge in [0.1, 0.15) is 0 Å². The third-order valence-corrected chi connectivity index (χ3v) is 5.56. The van der Waals surface area contributed by atoms with E-state index in [4.69, 9.17) is 39.8 Å². The number of fused-ring (bicyclic) bond motifs is 1. The number of nitrogens with one attached hydrogen (secondary N) is 1. The van der Waals surface area contributed by atoms with Crippen LogP contribution in [0, 0.1) is 6.92 Å². The van der Waals surface area contributed by atoms with E-state index in [-0.39, 0.29) is 5.91 Å². The van der Waals surface area contributed by atoms with E-state index >= 15 is 0 Å². The second-order valence-corrected chi connectivity index (χ2v) is 7.79. The first-order chi connectivity index (χ1) is 14.0.